The van der Waals surface area contributed by atoms with Crippen LogP contribution in [0.5, 0.6) is 0 Å². The lowest BCUT2D eigenvalue weighted by Gasteiger charge is -2.17. The summed E-state index contributed by atoms with van der Waals surface area (Å²) in [5.74, 6) is 3.09. The highest BCUT2D eigenvalue weighted by molar-refractivity contribution is 5.57. The van der Waals surface area contributed by atoms with Crippen molar-refractivity contribution in [1.29, 1.82) is 0 Å². The van der Waals surface area contributed by atoms with Gasteiger partial charge in [-0.3, -0.25) is 0 Å². The maximum absolute atomic E-state index is 4.63. The first kappa shape index (κ1) is 15.7. The molecule has 1 heterocycles. The number of hydrogen-bond donors (Lipinski definition) is 2. The highest BCUT2D eigenvalue weighted by Gasteiger charge is 2.12. The van der Waals surface area contributed by atoms with E-state index in [1.54, 1.807) is 0 Å². The van der Waals surface area contributed by atoms with E-state index < -0.39 is 0 Å². The van der Waals surface area contributed by atoms with E-state index in [0.29, 0.717) is 5.92 Å². The molecule has 0 aliphatic carbocycles. The molecule has 0 aliphatic rings. The van der Waals surface area contributed by atoms with Gasteiger partial charge in [-0.2, -0.15) is 0 Å². The summed E-state index contributed by atoms with van der Waals surface area (Å²) in [5, 5.41) is 6.71. The van der Waals surface area contributed by atoms with Crippen molar-refractivity contribution in [3.8, 4) is 0 Å². The van der Waals surface area contributed by atoms with Gasteiger partial charge in [0.2, 0.25) is 0 Å². The molecule has 0 amide bonds. The first-order valence-corrected chi connectivity index (χ1v) is 6.96. The molecule has 0 spiro atoms. The van der Waals surface area contributed by atoms with Crippen LogP contribution in [0.4, 0.5) is 11.6 Å². The summed E-state index contributed by atoms with van der Waals surface area (Å²) in [6.07, 6.45) is 0. The van der Waals surface area contributed by atoms with Crippen molar-refractivity contribution in [1.82, 2.24) is 14.9 Å². The van der Waals surface area contributed by atoms with Crippen molar-refractivity contribution in [3.05, 3.63) is 11.4 Å². The van der Waals surface area contributed by atoms with Crippen LogP contribution in [-0.2, 0) is 0 Å². The molecular formula is C14H27N5. The van der Waals surface area contributed by atoms with Gasteiger partial charge in [-0.1, -0.05) is 13.8 Å². The third-order valence-corrected chi connectivity index (χ3v) is 2.88. The van der Waals surface area contributed by atoms with Crippen LogP contribution in [-0.4, -0.2) is 48.6 Å². The number of anilines is 2. The summed E-state index contributed by atoms with van der Waals surface area (Å²) in [4.78, 5) is 11.4. The highest BCUT2D eigenvalue weighted by Crippen LogP contribution is 2.22. The van der Waals surface area contributed by atoms with Gasteiger partial charge in [0.1, 0.15) is 17.5 Å². The molecule has 19 heavy (non-hydrogen) atoms. The van der Waals surface area contributed by atoms with Gasteiger partial charge in [0.15, 0.2) is 0 Å². The molecule has 0 radical (unpaired) electrons. The normalized spacial score (nSPS) is 11.2. The maximum Gasteiger partial charge on any atom is 0.135 e. The van der Waals surface area contributed by atoms with E-state index in [0.717, 1.165) is 42.7 Å². The van der Waals surface area contributed by atoms with Crippen molar-refractivity contribution in [2.75, 3.05) is 44.4 Å². The van der Waals surface area contributed by atoms with Crippen molar-refractivity contribution in [3.63, 3.8) is 0 Å². The predicted octanol–water partition coefficient (Wildman–Crippen LogP) is 2.31. The zero-order valence-electron chi connectivity index (χ0n) is 13.0. The highest BCUT2D eigenvalue weighted by atomic mass is 15.1. The van der Waals surface area contributed by atoms with Gasteiger partial charge in [-0.05, 0) is 27.9 Å². The Morgan fingerprint density at radius 1 is 1.11 bits per heavy atom. The average Bonchev–Trinajstić information content (AvgIpc) is 2.33. The minimum absolute atomic E-state index is 0.326. The molecule has 1 aromatic heterocycles. The average molecular weight is 265 g/mol. The van der Waals surface area contributed by atoms with Crippen molar-refractivity contribution in [2.24, 2.45) is 0 Å². The Morgan fingerprint density at radius 2 is 1.68 bits per heavy atom. The van der Waals surface area contributed by atoms with Crippen LogP contribution in [0.2, 0.25) is 0 Å². The van der Waals surface area contributed by atoms with Gasteiger partial charge in [-0.25, -0.2) is 9.97 Å². The number of aromatic nitrogens is 2. The molecule has 0 unspecified atom stereocenters. The second-order valence-corrected chi connectivity index (χ2v) is 5.32. The summed E-state index contributed by atoms with van der Waals surface area (Å²) in [5.41, 5.74) is 1.09. The quantitative estimate of drug-likeness (QED) is 0.792. The van der Waals surface area contributed by atoms with Crippen LogP contribution in [0.3, 0.4) is 0 Å². The standard InChI is InChI=1S/C14H27N5/c1-7-15-13-11(4)14(16-8-9-19(5)6)18-12(17-13)10(2)3/h10H,7-9H2,1-6H3,(H2,15,16,17,18). The molecule has 2 N–H and O–H groups in total. The summed E-state index contributed by atoms with van der Waals surface area (Å²) < 4.78 is 0. The molecule has 1 aromatic rings. The van der Waals surface area contributed by atoms with Crippen LogP contribution in [0, 0.1) is 6.92 Å². The molecule has 1 rings (SSSR count). The molecule has 0 fully saturated rings. The van der Waals surface area contributed by atoms with Crippen LogP contribution in [0.15, 0.2) is 0 Å². The SMILES string of the molecule is CCNc1nc(C(C)C)nc(NCCN(C)C)c1C. The Morgan fingerprint density at radius 3 is 2.16 bits per heavy atom. The smallest absolute Gasteiger partial charge is 0.135 e. The fraction of sp³-hybridized carbons (Fsp3) is 0.714. The molecule has 0 aliphatic heterocycles. The van der Waals surface area contributed by atoms with Crippen LogP contribution >= 0.6 is 0 Å². The van der Waals surface area contributed by atoms with Crippen molar-refractivity contribution >= 4 is 11.6 Å². The maximum atomic E-state index is 4.63. The lowest BCUT2D eigenvalue weighted by molar-refractivity contribution is 0.425. The number of nitrogens with one attached hydrogen (secondary N) is 2. The predicted molar refractivity (Wildman–Crippen MR) is 82.1 cm³/mol. The molecule has 108 valence electrons. The largest absolute Gasteiger partial charge is 0.370 e. The Hall–Kier alpha value is -1.36. The zero-order valence-corrected chi connectivity index (χ0v) is 13.0. The van der Waals surface area contributed by atoms with E-state index in [9.17, 15) is 0 Å². The van der Waals surface area contributed by atoms with Gasteiger partial charge in [0, 0.05) is 31.1 Å². The van der Waals surface area contributed by atoms with E-state index in [4.69, 9.17) is 0 Å². The summed E-state index contributed by atoms with van der Waals surface area (Å²) in [6, 6.07) is 0. The summed E-state index contributed by atoms with van der Waals surface area (Å²) in [7, 11) is 4.14. The lowest BCUT2D eigenvalue weighted by atomic mass is 10.2. The van der Waals surface area contributed by atoms with E-state index >= 15 is 0 Å². The molecule has 0 saturated carbocycles. The Bertz CT molecular complexity index is 401. The Labute approximate surface area is 116 Å². The second kappa shape index (κ2) is 7.28. The van der Waals surface area contributed by atoms with Gasteiger partial charge >= 0.3 is 0 Å². The number of hydrogen-bond acceptors (Lipinski definition) is 5. The van der Waals surface area contributed by atoms with E-state index in [1.165, 1.54) is 0 Å². The van der Waals surface area contributed by atoms with Gasteiger partial charge in [0.05, 0.1) is 0 Å². The lowest BCUT2D eigenvalue weighted by Crippen LogP contribution is -2.22. The van der Waals surface area contributed by atoms with Gasteiger partial charge in [0.25, 0.3) is 0 Å². The van der Waals surface area contributed by atoms with E-state index in [2.05, 4.69) is 67.3 Å². The van der Waals surface area contributed by atoms with Gasteiger partial charge < -0.3 is 15.5 Å². The molecule has 0 saturated heterocycles. The first-order chi connectivity index (χ1) is 8.95. The molecule has 0 aromatic carbocycles. The topological polar surface area (TPSA) is 53.1 Å². The van der Waals surface area contributed by atoms with Gasteiger partial charge in [-0.15, -0.1) is 0 Å². The first-order valence-electron chi connectivity index (χ1n) is 6.96. The Kier molecular flexibility index (Phi) is 6.02. The molecule has 5 heteroatoms. The van der Waals surface area contributed by atoms with Crippen LogP contribution < -0.4 is 10.6 Å². The fourth-order valence-corrected chi connectivity index (χ4v) is 1.70. The van der Waals surface area contributed by atoms with Crippen molar-refractivity contribution < 1.29 is 0 Å². The summed E-state index contributed by atoms with van der Waals surface area (Å²) >= 11 is 0. The monoisotopic (exact) mass is 265 g/mol. The van der Waals surface area contributed by atoms with E-state index in [1.807, 2.05) is 0 Å². The van der Waals surface area contributed by atoms with Crippen LogP contribution in [0.1, 0.15) is 38.1 Å². The number of nitrogens with zero attached hydrogens (tertiary/aromatic N) is 3. The fourth-order valence-electron chi connectivity index (χ4n) is 1.70. The van der Waals surface area contributed by atoms with Crippen LogP contribution in [0.25, 0.3) is 0 Å². The molecule has 0 atom stereocenters. The van der Waals surface area contributed by atoms with E-state index in [-0.39, 0.29) is 0 Å². The minimum atomic E-state index is 0.326. The number of likely N-dealkylation sites (N-methyl/N-ethyl adjacent to an activating group) is 1. The third kappa shape index (κ3) is 4.67. The zero-order chi connectivity index (χ0) is 14.4. The summed E-state index contributed by atoms with van der Waals surface area (Å²) in [6.45, 7) is 11.1. The second-order valence-electron chi connectivity index (χ2n) is 5.32. The Balaban J connectivity index is 2.93. The van der Waals surface area contributed by atoms with Crippen molar-refractivity contribution in [2.45, 2.75) is 33.6 Å². The molecule has 0 bridgehead atoms. The third-order valence-electron chi connectivity index (χ3n) is 2.88. The molecular weight excluding hydrogens is 238 g/mol. The minimum Gasteiger partial charge on any atom is -0.370 e. The number of rotatable bonds is 7. The molecule has 5 nitrogen and oxygen atoms in total.